The quantitative estimate of drug-likeness (QED) is 0.183. The summed E-state index contributed by atoms with van der Waals surface area (Å²) in [4.78, 5) is -1.77. The molecule has 6 heteroatoms. The topological polar surface area (TPSA) is 52.6 Å². The Morgan fingerprint density at radius 2 is 0.756 bits per heavy atom. The number of rotatable bonds is 4. The summed E-state index contributed by atoms with van der Waals surface area (Å²) in [7, 11) is -8.48. The monoisotopic (exact) mass is 624 g/mol. The van der Waals surface area contributed by atoms with Gasteiger partial charge in [0.25, 0.3) is 0 Å². The Hall–Kier alpha value is -4.62. The lowest BCUT2D eigenvalue weighted by Crippen LogP contribution is -2.42. The van der Waals surface area contributed by atoms with Gasteiger partial charge in [-0.2, -0.15) is 0 Å². The van der Waals surface area contributed by atoms with Crippen molar-refractivity contribution in [1.29, 1.82) is 0 Å². The Morgan fingerprint density at radius 3 is 1.16 bits per heavy atom. The molecule has 2 aliphatic rings. The van der Waals surface area contributed by atoms with Crippen LogP contribution >= 0.6 is 14.7 Å². The van der Waals surface area contributed by atoms with Gasteiger partial charge in [0.05, 0.1) is 10.6 Å². The van der Waals surface area contributed by atoms with Crippen molar-refractivity contribution in [2.75, 3.05) is 0 Å². The summed E-state index contributed by atoms with van der Waals surface area (Å²) in [5.74, 6) is 0.973. The number of hydrogen-bond acceptors (Lipinski definition) is 4. The second-order valence-electron chi connectivity index (χ2n) is 11.7. The van der Waals surface area contributed by atoms with Gasteiger partial charge in [-0.1, -0.05) is 132 Å². The standard InChI is InChI=1S/C39H30O4P2/c1-27-19-23-29(24-20-27)39(30-25-21-28(2)22-26-30,44(40)37-17-9-5-13-33(37)31-11-3-7-15-35(31)42-44)45(41)38-18-10-6-14-34(38)32-12-4-8-16-36(32)43-45/h3-26H,1-2H3. The van der Waals surface area contributed by atoms with Crippen molar-refractivity contribution >= 4 is 25.3 Å². The lowest BCUT2D eigenvalue weighted by Gasteiger charge is -2.48. The fourth-order valence-corrected chi connectivity index (χ4v) is 14.8. The highest BCUT2D eigenvalue weighted by atomic mass is 31.2. The van der Waals surface area contributed by atoms with Crippen LogP contribution in [-0.4, -0.2) is 0 Å². The van der Waals surface area contributed by atoms with Gasteiger partial charge in [0.2, 0.25) is 4.90 Å². The number of aryl methyl sites for hydroxylation is 2. The molecule has 0 amide bonds. The van der Waals surface area contributed by atoms with Crippen LogP contribution in [0.5, 0.6) is 11.5 Å². The fourth-order valence-electron chi connectivity index (χ4n) is 6.90. The van der Waals surface area contributed by atoms with Crippen molar-refractivity contribution in [3.8, 4) is 33.8 Å². The smallest absolute Gasteiger partial charge is 0.303 e. The van der Waals surface area contributed by atoms with E-state index in [4.69, 9.17) is 9.05 Å². The Kier molecular flexibility index (Phi) is 6.33. The molecule has 0 aliphatic carbocycles. The van der Waals surface area contributed by atoms with Crippen LogP contribution in [0.1, 0.15) is 22.3 Å². The second-order valence-corrected chi connectivity index (χ2v) is 16.9. The molecule has 220 valence electrons. The predicted octanol–water partition coefficient (Wildman–Crippen LogP) is 9.83. The van der Waals surface area contributed by atoms with E-state index >= 15 is 9.13 Å². The van der Waals surface area contributed by atoms with Crippen LogP contribution in [0.3, 0.4) is 0 Å². The molecule has 6 aromatic carbocycles. The maximum atomic E-state index is 16.8. The van der Waals surface area contributed by atoms with Gasteiger partial charge in [0.1, 0.15) is 11.5 Å². The van der Waals surface area contributed by atoms with Crippen LogP contribution in [0.25, 0.3) is 22.3 Å². The summed E-state index contributed by atoms with van der Waals surface area (Å²) in [5, 5.41) is 1.03. The zero-order valence-electron chi connectivity index (χ0n) is 24.9. The molecule has 0 bridgehead atoms. The molecule has 0 aromatic heterocycles. The van der Waals surface area contributed by atoms with Crippen molar-refractivity contribution in [1.82, 2.24) is 0 Å². The van der Waals surface area contributed by atoms with Crippen LogP contribution < -0.4 is 19.7 Å². The highest BCUT2D eigenvalue weighted by Gasteiger charge is 2.70. The molecule has 0 saturated carbocycles. The molecule has 45 heavy (non-hydrogen) atoms. The van der Waals surface area contributed by atoms with E-state index in [1.807, 2.05) is 159 Å². The highest BCUT2D eigenvalue weighted by Crippen LogP contribution is 2.84. The minimum atomic E-state index is -4.24. The molecule has 0 N–H and O–H groups in total. The predicted molar refractivity (Wildman–Crippen MR) is 183 cm³/mol. The molecule has 2 heterocycles. The number of para-hydroxylation sites is 2. The molecule has 0 saturated heterocycles. The minimum absolute atomic E-state index is 0.487. The zero-order chi connectivity index (χ0) is 30.8. The Balaban J connectivity index is 1.58. The molecule has 0 spiro atoms. The van der Waals surface area contributed by atoms with Crippen LogP contribution in [0.2, 0.25) is 0 Å². The lowest BCUT2D eigenvalue weighted by atomic mass is 10.0. The van der Waals surface area contributed by atoms with Gasteiger partial charge >= 0.3 is 14.7 Å². The third kappa shape index (κ3) is 3.86. The lowest BCUT2D eigenvalue weighted by molar-refractivity contribution is 0.449. The highest BCUT2D eigenvalue weighted by molar-refractivity contribution is 7.86. The van der Waals surface area contributed by atoms with E-state index in [-0.39, 0.29) is 0 Å². The molecule has 2 aliphatic heterocycles. The van der Waals surface area contributed by atoms with Crippen LogP contribution in [0, 0.1) is 13.8 Å². The average molecular weight is 625 g/mol. The average Bonchev–Trinajstić information content (AvgIpc) is 3.07. The van der Waals surface area contributed by atoms with E-state index in [2.05, 4.69) is 0 Å². The van der Waals surface area contributed by atoms with Gasteiger partial charge in [0.15, 0.2) is 0 Å². The summed E-state index contributed by atoms with van der Waals surface area (Å²) in [6.07, 6.45) is 0. The molecule has 2 atom stereocenters. The molecular weight excluding hydrogens is 594 g/mol. The molecule has 0 radical (unpaired) electrons. The van der Waals surface area contributed by atoms with Crippen molar-refractivity contribution in [3.63, 3.8) is 0 Å². The summed E-state index contributed by atoms with van der Waals surface area (Å²) in [6, 6.07) is 46.2. The van der Waals surface area contributed by atoms with E-state index in [9.17, 15) is 0 Å². The SMILES string of the molecule is Cc1ccc(C(c2ccc(C)cc2)(P2(=O)Oc3ccccc3-c3ccccc32)P2(=O)Oc3ccccc3-c3ccccc32)cc1. The van der Waals surface area contributed by atoms with E-state index in [0.717, 1.165) is 33.4 Å². The maximum absolute atomic E-state index is 16.8. The molecule has 0 fully saturated rings. The first kappa shape index (κ1) is 27.9. The van der Waals surface area contributed by atoms with Crippen LogP contribution in [0.4, 0.5) is 0 Å². The normalized spacial score (nSPS) is 19.6. The molecule has 2 unspecified atom stereocenters. The Bertz CT molecular complexity index is 2040. The van der Waals surface area contributed by atoms with Crippen molar-refractivity contribution in [2.24, 2.45) is 0 Å². The first-order valence-electron chi connectivity index (χ1n) is 15.0. The molecule has 8 rings (SSSR count). The minimum Gasteiger partial charge on any atom is -0.438 e. The molecule has 4 nitrogen and oxygen atoms in total. The van der Waals surface area contributed by atoms with Gasteiger partial charge in [0, 0.05) is 11.1 Å². The Morgan fingerprint density at radius 1 is 0.422 bits per heavy atom. The van der Waals surface area contributed by atoms with Crippen molar-refractivity contribution in [3.05, 3.63) is 168 Å². The van der Waals surface area contributed by atoms with E-state index in [1.165, 1.54) is 0 Å². The van der Waals surface area contributed by atoms with Gasteiger partial charge in [-0.05, 0) is 60.4 Å². The fraction of sp³-hybridized carbons (Fsp3) is 0.0769. The van der Waals surface area contributed by atoms with Crippen LogP contribution in [-0.2, 0) is 14.0 Å². The number of benzene rings is 6. The van der Waals surface area contributed by atoms with Crippen molar-refractivity contribution < 1.29 is 18.2 Å². The Labute approximate surface area is 263 Å². The molecular formula is C39H30O4P2. The third-order valence-corrected chi connectivity index (χ3v) is 16.3. The zero-order valence-corrected chi connectivity index (χ0v) is 26.7. The van der Waals surface area contributed by atoms with Crippen LogP contribution in [0.15, 0.2) is 146 Å². The first-order valence-corrected chi connectivity index (χ1v) is 18.2. The largest absolute Gasteiger partial charge is 0.438 e. The maximum Gasteiger partial charge on any atom is 0.303 e. The van der Waals surface area contributed by atoms with Crippen molar-refractivity contribution in [2.45, 2.75) is 18.7 Å². The summed E-state index contributed by atoms with van der Waals surface area (Å²) >= 11 is 0. The van der Waals surface area contributed by atoms with E-state index in [0.29, 0.717) is 33.2 Å². The number of fused-ring (bicyclic) bond motifs is 6. The summed E-state index contributed by atoms with van der Waals surface area (Å²) in [6.45, 7) is 4.01. The number of hydrogen-bond donors (Lipinski definition) is 0. The van der Waals surface area contributed by atoms with Gasteiger partial charge in [-0.25, -0.2) is 0 Å². The van der Waals surface area contributed by atoms with E-state index in [1.54, 1.807) is 0 Å². The van der Waals surface area contributed by atoms with E-state index < -0.39 is 19.6 Å². The summed E-state index contributed by atoms with van der Waals surface area (Å²) < 4.78 is 47.3. The first-order chi connectivity index (χ1) is 21.9. The van der Waals surface area contributed by atoms with Gasteiger partial charge in [-0.15, -0.1) is 0 Å². The second kappa shape index (κ2) is 10.2. The third-order valence-electron chi connectivity index (χ3n) is 9.01. The summed E-state index contributed by atoms with van der Waals surface area (Å²) in [5.41, 5.74) is 6.54. The van der Waals surface area contributed by atoms with Gasteiger partial charge in [-0.3, -0.25) is 9.13 Å². The molecule has 6 aromatic rings. The van der Waals surface area contributed by atoms with Gasteiger partial charge < -0.3 is 9.05 Å².